The van der Waals surface area contributed by atoms with Crippen molar-refractivity contribution in [3.05, 3.63) is 0 Å². The topological polar surface area (TPSA) is 102 Å². The minimum Gasteiger partial charge on any atom is -0.480 e. The maximum atomic E-state index is 11.6. The summed E-state index contributed by atoms with van der Waals surface area (Å²) in [5.41, 5.74) is 0. The van der Waals surface area contributed by atoms with Crippen LogP contribution in [0.1, 0.15) is 19.8 Å². The van der Waals surface area contributed by atoms with Gasteiger partial charge in [0.25, 0.3) is 0 Å². The molecule has 0 aromatic heterocycles. The van der Waals surface area contributed by atoms with Crippen molar-refractivity contribution in [3.8, 4) is 0 Å². The van der Waals surface area contributed by atoms with Crippen LogP contribution in [0.2, 0.25) is 0 Å². The molecule has 0 bridgehead atoms. The van der Waals surface area contributed by atoms with Crippen LogP contribution in [-0.4, -0.2) is 65.4 Å². The molecule has 1 rings (SSSR count). The van der Waals surface area contributed by atoms with Crippen molar-refractivity contribution in [3.63, 3.8) is 0 Å². The van der Waals surface area contributed by atoms with Crippen molar-refractivity contribution in [1.29, 1.82) is 0 Å². The molecule has 1 fully saturated rings. The zero-order chi connectivity index (χ0) is 13.7. The summed E-state index contributed by atoms with van der Waals surface area (Å²) in [6.45, 7) is 2.36. The lowest BCUT2D eigenvalue weighted by Crippen LogP contribution is -2.53. The molecule has 7 nitrogen and oxygen atoms in total. The highest BCUT2D eigenvalue weighted by molar-refractivity contribution is 5.82. The third-order valence-corrected chi connectivity index (χ3v) is 3.33. The third kappa shape index (κ3) is 4.15. The van der Waals surface area contributed by atoms with E-state index in [1.54, 1.807) is 0 Å². The van der Waals surface area contributed by atoms with E-state index < -0.39 is 24.6 Å². The smallest absolute Gasteiger partial charge is 0.328 e. The highest BCUT2D eigenvalue weighted by atomic mass is 16.4. The minimum atomic E-state index is -1.26. The van der Waals surface area contributed by atoms with E-state index in [9.17, 15) is 9.59 Å². The first kappa shape index (κ1) is 14.7. The van der Waals surface area contributed by atoms with Crippen LogP contribution < -0.4 is 10.6 Å². The molecule has 1 saturated heterocycles. The molecule has 0 aromatic carbocycles. The van der Waals surface area contributed by atoms with Gasteiger partial charge >= 0.3 is 12.0 Å². The zero-order valence-electron chi connectivity index (χ0n) is 10.7. The number of rotatable bonds is 4. The van der Waals surface area contributed by atoms with Gasteiger partial charge in [0, 0.05) is 18.6 Å². The van der Waals surface area contributed by atoms with E-state index in [0.29, 0.717) is 6.04 Å². The van der Waals surface area contributed by atoms with E-state index in [4.69, 9.17) is 10.2 Å². The van der Waals surface area contributed by atoms with E-state index in [2.05, 4.69) is 22.5 Å². The second-order valence-corrected chi connectivity index (χ2v) is 4.74. The van der Waals surface area contributed by atoms with E-state index in [-0.39, 0.29) is 6.04 Å². The van der Waals surface area contributed by atoms with Crippen LogP contribution in [0.5, 0.6) is 0 Å². The van der Waals surface area contributed by atoms with Gasteiger partial charge in [0.15, 0.2) is 6.04 Å². The maximum Gasteiger partial charge on any atom is 0.328 e. The highest BCUT2D eigenvalue weighted by Gasteiger charge is 2.25. The van der Waals surface area contributed by atoms with Crippen LogP contribution in [0.4, 0.5) is 4.79 Å². The summed E-state index contributed by atoms with van der Waals surface area (Å²) >= 11 is 0. The van der Waals surface area contributed by atoms with Crippen molar-refractivity contribution in [2.24, 2.45) is 0 Å². The van der Waals surface area contributed by atoms with Crippen molar-refractivity contribution in [1.82, 2.24) is 15.5 Å². The van der Waals surface area contributed by atoms with Crippen molar-refractivity contribution >= 4 is 12.0 Å². The molecular weight excluding hydrogens is 238 g/mol. The Kier molecular flexibility index (Phi) is 5.36. The summed E-state index contributed by atoms with van der Waals surface area (Å²) < 4.78 is 0. The molecule has 4 N–H and O–H groups in total. The number of piperidine rings is 1. The first-order valence-electron chi connectivity index (χ1n) is 6.05. The molecular formula is C11H21N3O4. The SMILES string of the molecule is CC1CC(NC(=O)N[C@@H](CO)C(=O)O)CCN1C. The highest BCUT2D eigenvalue weighted by Crippen LogP contribution is 2.14. The average molecular weight is 259 g/mol. The second kappa shape index (κ2) is 6.55. The monoisotopic (exact) mass is 259 g/mol. The number of carbonyl (C=O) groups is 2. The van der Waals surface area contributed by atoms with Gasteiger partial charge in [-0.05, 0) is 26.8 Å². The molecule has 1 aliphatic heterocycles. The normalized spacial score (nSPS) is 26.4. The number of urea groups is 1. The van der Waals surface area contributed by atoms with Crippen LogP contribution in [-0.2, 0) is 4.79 Å². The van der Waals surface area contributed by atoms with Gasteiger partial charge in [-0.3, -0.25) is 0 Å². The van der Waals surface area contributed by atoms with Crippen LogP contribution >= 0.6 is 0 Å². The van der Waals surface area contributed by atoms with Crippen LogP contribution in [0.15, 0.2) is 0 Å². The van der Waals surface area contributed by atoms with Gasteiger partial charge in [-0.1, -0.05) is 0 Å². The van der Waals surface area contributed by atoms with Crippen LogP contribution in [0.25, 0.3) is 0 Å². The number of carboxylic acids is 1. The molecule has 0 saturated carbocycles. The van der Waals surface area contributed by atoms with Crippen LogP contribution in [0.3, 0.4) is 0 Å². The summed E-state index contributed by atoms with van der Waals surface area (Å²) in [6, 6.07) is -1.37. The maximum absolute atomic E-state index is 11.6. The van der Waals surface area contributed by atoms with Gasteiger partial charge < -0.3 is 25.7 Å². The van der Waals surface area contributed by atoms with Gasteiger partial charge in [-0.15, -0.1) is 0 Å². The third-order valence-electron chi connectivity index (χ3n) is 3.33. The van der Waals surface area contributed by atoms with E-state index in [0.717, 1.165) is 19.4 Å². The second-order valence-electron chi connectivity index (χ2n) is 4.74. The first-order valence-corrected chi connectivity index (χ1v) is 6.05. The molecule has 0 aliphatic carbocycles. The lowest BCUT2D eigenvalue weighted by molar-refractivity contribution is -0.140. The number of nitrogens with zero attached hydrogens (tertiary/aromatic N) is 1. The Labute approximate surface area is 106 Å². The Morgan fingerprint density at radius 2 is 2.17 bits per heavy atom. The van der Waals surface area contributed by atoms with E-state index in [1.807, 2.05) is 7.05 Å². The van der Waals surface area contributed by atoms with Gasteiger partial charge in [0.05, 0.1) is 6.61 Å². The molecule has 104 valence electrons. The number of aliphatic hydroxyl groups excluding tert-OH is 1. The molecule has 0 aromatic rings. The number of carboxylic acid groups (broad SMARTS) is 1. The number of likely N-dealkylation sites (tertiary alicyclic amines) is 1. The molecule has 1 heterocycles. The molecule has 2 unspecified atom stereocenters. The lowest BCUT2D eigenvalue weighted by Gasteiger charge is -2.35. The Hall–Kier alpha value is -1.34. The van der Waals surface area contributed by atoms with Gasteiger partial charge in [-0.25, -0.2) is 9.59 Å². The standard InChI is InChI=1S/C11H21N3O4/c1-7-5-8(3-4-14(7)2)12-11(18)13-9(6-15)10(16)17/h7-9,15H,3-6H2,1-2H3,(H,16,17)(H2,12,13,18)/t7?,8?,9-/m0/s1. The molecule has 3 atom stereocenters. The molecule has 7 heteroatoms. The largest absolute Gasteiger partial charge is 0.480 e. The van der Waals surface area contributed by atoms with Crippen molar-refractivity contribution < 1.29 is 19.8 Å². The Morgan fingerprint density at radius 1 is 1.50 bits per heavy atom. The van der Waals surface area contributed by atoms with Gasteiger partial charge in [0.2, 0.25) is 0 Å². The van der Waals surface area contributed by atoms with Gasteiger partial charge in [-0.2, -0.15) is 0 Å². The quantitative estimate of drug-likeness (QED) is 0.530. The molecule has 0 radical (unpaired) electrons. The summed E-state index contributed by atoms with van der Waals surface area (Å²) in [5, 5.41) is 22.5. The first-order chi connectivity index (χ1) is 8.43. The molecule has 1 aliphatic rings. The van der Waals surface area contributed by atoms with E-state index in [1.165, 1.54) is 0 Å². The number of nitrogens with one attached hydrogen (secondary N) is 2. The Bertz CT molecular complexity index is 311. The molecule has 2 amide bonds. The van der Waals surface area contributed by atoms with Gasteiger partial charge in [0.1, 0.15) is 0 Å². The van der Waals surface area contributed by atoms with E-state index >= 15 is 0 Å². The summed E-state index contributed by atoms with van der Waals surface area (Å²) in [5.74, 6) is -1.25. The number of amides is 2. The number of carbonyl (C=O) groups excluding carboxylic acids is 1. The van der Waals surface area contributed by atoms with Crippen molar-refractivity contribution in [2.45, 2.75) is 37.9 Å². The number of hydrogen-bond acceptors (Lipinski definition) is 4. The molecule has 18 heavy (non-hydrogen) atoms. The Balaban J connectivity index is 2.38. The fourth-order valence-electron chi connectivity index (χ4n) is 1.99. The lowest BCUT2D eigenvalue weighted by atomic mass is 9.99. The Morgan fingerprint density at radius 3 is 2.67 bits per heavy atom. The predicted octanol–water partition coefficient (Wildman–Crippen LogP) is -0.786. The average Bonchev–Trinajstić information content (AvgIpc) is 2.30. The summed E-state index contributed by atoms with van der Waals surface area (Å²) in [4.78, 5) is 24.4. The van der Waals surface area contributed by atoms with Crippen molar-refractivity contribution in [2.75, 3.05) is 20.2 Å². The zero-order valence-corrected chi connectivity index (χ0v) is 10.7. The van der Waals surface area contributed by atoms with Crippen LogP contribution in [0, 0.1) is 0 Å². The number of aliphatic hydroxyl groups is 1. The fourth-order valence-corrected chi connectivity index (χ4v) is 1.99. The predicted molar refractivity (Wildman–Crippen MR) is 65.3 cm³/mol. The summed E-state index contributed by atoms with van der Waals surface area (Å²) in [6.07, 6.45) is 1.67. The number of hydrogen-bond donors (Lipinski definition) is 4. The minimum absolute atomic E-state index is 0.0457. The molecule has 0 spiro atoms. The number of aliphatic carboxylic acids is 1. The fraction of sp³-hybridized carbons (Fsp3) is 0.818. The summed E-state index contributed by atoms with van der Waals surface area (Å²) in [7, 11) is 2.03.